The minimum absolute atomic E-state index is 0.241. The van der Waals surface area contributed by atoms with Gasteiger partial charge in [0, 0.05) is 35.1 Å². The highest BCUT2D eigenvalue weighted by Crippen LogP contribution is 2.52. The van der Waals surface area contributed by atoms with E-state index in [0.717, 1.165) is 12.0 Å². The Hall–Kier alpha value is -2.64. The van der Waals surface area contributed by atoms with Crippen molar-refractivity contribution in [1.82, 2.24) is 9.47 Å². The van der Waals surface area contributed by atoms with Crippen molar-refractivity contribution in [2.75, 3.05) is 7.05 Å². The average molecular weight is 343 g/mol. The van der Waals surface area contributed by atoms with E-state index in [1.807, 2.05) is 24.0 Å². The van der Waals surface area contributed by atoms with Crippen molar-refractivity contribution in [3.8, 4) is 11.8 Å². The lowest BCUT2D eigenvalue weighted by Gasteiger charge is -2.39. The Morgan fingerprint density at radius 1 is 1.08 bits per heavy atom. The van der Waals surface area contributed by atoms with Gasteiger partial charge in [0.1, 0.15) is 0 Å². The summed E-state index contributed by atoms with van der Waals surface area (Å²) in [6.45, 7) is 0. The Labute approximate surface area is 151 Å². The van der Waals surface area contributed by atoms with E-state index >= 15 is 0 Å². The van der Waals surface area contributed by atoms with Crippen molar-refractivity contribution in [3.63, 3.8) is 0 Å². The zero-order chi connectivity index (χ0) is 17.0. The number of rotatable bonds is 1. The average Bonchev–Trinajstić information content (AvgIpc) is 2.99. The fraction of sp³-hybridized carbons (Fsp3) is 0.190. The van der Waals surface area contributed by atoms with E-state index in [2.05, 4.69) is 71.1 Å². The van der Waals surface area contributed by atoms with Gasteiger partial charge in [-0.3, -0.25) is 0 Å². The first-order chi connectivity index (χ1) is 12.3. The summed E-state index contributed by atoms with van der Waals surface area (Å²) < 4.78 is 2.36. The fourth-order valence-corrected chi connectivity index (χ4v) is 5.54. The molecule has 0 radical (unpaired) electrons. The lowest BCUT2D eigenvalue weighted by molar-refractivity contribution is 0.296. The van der Waals surface area contributed by atoms with Gasteiger partial charge in [0.05, 0.1) is 28.2 Å². The molecule has 5 rings (SSSR count). The number of nitrogens with zero attached hydrogens (tertiary/aromatic N) is 3. The number of aromatic nitrogens is 1. The second kappa shape index (κ2) is 5.44. The maximum Gasteiger partial charge on any atom is 0.0974 e. The Kier molecular flexibility index (Phi) is 3.19. The van der Waals surface area contributed by atoms with E-state index in [0.29, 0.717) is 6.04 Å². The standard InChI is InChI=1S/C21H17N3S/c1-23-13-14(12-22)19-11-18(23)20-16-9-5-6-10-17(16)24(21(20)25-19)15-7-3-2-4-8-15/h2-10,13,18-19H,11H2,1H3. The molecule has 1 aromatic heterocycles. The molecule has 4 heteroatoms. The highest BCUT2D eigenvalue weighted by molar-refractivity contribution is 8.00. The molecule has 25 heavy (non-hydrogen) atoms. The molecule has 2 aliphatic rings. The lowest BCUT2D eigenvalue weighted by Crippen LogP contribution is -2.32. The molecule has 2 atom stereocenters. The van der Waals surface area contributed by atoms with Crippen molar-refractivity contribution in [3.05, 3.63) is 71.9 Å². The Morgan fingerprint density at radius 3 is 2.64 bits per heavy atom. The van der Waals surface area contributed by atoms with E-state index in [4.69, 9.17) is 0 Å². The molecular formula is C21H17N3S. The third kappa shape index (κ3) is 2.06. The van der Waals surface area contributed by atoms with E-state index < -0.39 is 0 Å². The summed E-state index contributed by atoms with van der Waals surface area (Å²) in [5, 5.41) is 12.4. The molecule has 2 bridgehead atoms. The number of benzene rings is 2. The molecule has 0 aliphatic carbocycles. The van der Waals surface area contributed by atoms with Crippen LogP contribution in [0.4, 0.5) is 0 Å². The van der Waals surface area contributed by atoms with E-state index in [1.165, 1.54) is 27.2 Å². The summed E-state index contributed by atoms with van der Waals surface area (Å²) in [5.74, 6) is 0. The molecule has 0 saturated carbocycles. The van der Waals surface area contributed by atoms with Crippen LogP contribution in [-0.2, 0) is 0 Å². The van der Waals surface area contributed by atoms with E-state index in [-0.39, 0.29) is 5.25 Å². The number of fused-ring (bicyclic) bond motifs is 6. The molecule has 2 unspecified atom stereocenters. The van der Waals surface area contributed by atoms with Crippen LogP contribution in [0.3, 0.4) is 0 Å². The van der Waals surface area contributed by atoms with Crippen molar-refractivity contribution >= 4 is 22.7 Å². The van der Waals surface area contributed by atoms with Crippen LogP contribution in [-0.4, -0.2) is 21.8 Å². The van der Waals surface area contributed by atoms with Gasteiger partial charge < -0.3 is 9.47 Å². The molecular weight excluding hydrogens is 326 g/mol. The lowest BCUT2D eigenvalue weighted by atomic mass is 9.94. The number of hydrogen-bond donors (Lipinski definition) is 0. The predicted octanol–water partition coefficient (Wildman–Crippen LogP) is 4.89. The molecule has 2 aliphatic heterocycles. The van der Waals surface area contributed by atoms with Crippen LogP contribution in [0.25, 0.3) is 16.6 Å². The fourth-order valence-electron chi connectivity index (χ4n) is 4.07. The summed E-state index contributed by atoms with van der Waals surface area (Å²) >= 11 is 1.84. The van der Waals surface area contributed by atoms with Gasteiger partial charge in [-0.1, -0.05) is 48.2 Å². The molecule has 0 N–H and O–H groups in total. The van der Waals surface area contributed by atoms with Crippen LogP contribution in [0.2, 0.25) is 0 Å². The highest BCUT2D eigenvalue weighted by Gasteiger charge is 2.39. The number of thioether (sulfide) groups is 1. The predicted molar refractivity (Wildman–Crippen MR) is 102 cm³/mol. The van der Waals surface area contributed by atoms with Crippen LogP contribution < -0.4 is 0 Å². The second-order valence-corrected chi connectivity index (χ2v) is 7.82. The van der Waals surface area contributed by atoms with Crippen molar-refractivity contribution < 1.29 is 0 Å². The number of nitriles is 1. The second-order valence-electron chi connectivity index (χ2n) is 6.63. The van der Waals surface area contributed by atoms with Crippen molar-refractivity contribution in [2.24, 2.45) is 0 Å². The molecule has 3 aromatic rings. The van der Waals surface area contributed by atoms with Gasteiger partial charge in [-0.2, -0.15) is 5.26 Å². The van der Waals surface area contributed by atoms with Gasteiger partial charge in [0.25, 0.3) is 0 Å². The van der Waals surface area contributed by atoms with Crippen molar-refractivity contribution in [2.45, 2.75) is 22.7 Å². The van der Waals surface area contributed by atoms with E-state index in [1.54, 1.807) is 0 Å². The topological polar surface area (TPSA) is 32.0 Å². The summed E-state index contributed by atoms with van der Waals surface area (Å²) in [5.41, 5.74) is 4.69. The minimum Gasteiger partial charge on any atom is -0.372 e. The molecule has 122 valence electrons. The van der Waals surface area contributed by atoms with Crippen LogP contribution in [0.15, 0.2) is 71.4 Å². The first-order valence-electron chi connectivity index (χ1n) is 8.47. The quantitative estimate of drug-likeness (QED) is 0.630. The van der Waals surface area contributed by atoms with E-state index in [9.17, 15) is 5.26 Å². The Morgan fingerprint density at radius 2 is 1.84 bits per heavy atom. The van der Waals surface area contributed by atoms with Gasteiger partial charge in [0.15, 0.2) is 0 Å². The van der Waals surface area contributed by atoms with Crippen LogP contribution >= 0.6 is 11.8 Å². The van der Waals surface area contributed by atoms with Gasteiger partial charge >= 0.3 is 0 Å². The molecule has 0 amide bonds. The van der Waals surface area contributed by atoms with Gasteiger partial charge in [-0.05, 0) is 24.6 Å². The number of para-hydroxylation sites is 2. The third-order valence-electron chi connectivity index (χ3n) is 5.22. The molecule has 0 saturated heterocycles. The van der Waals surface area contributed by atoms with Gasteiger partial charge in [-0.15, -0.1) is 0 Å². The zero-order valence-electron chi connectivity index (χ0n) is 13.9. The zero-order valence-corrected chi connectivity index (χ0v) is 14.7. The summed E-state index contributed by atoms with van der Waals surface area (Å²) in [4.78, 5) is 2.22. The summed E-state index contributed by atoms with van der Waals surface area (Å²) in [7, 11) is 2.09. The van der Waals surface area contributed by atoms with Crippen LogP contribution in [0.5, 0.6) is 0 Å². The Bertz CT molecular complexity index is 1040. The van der Waals surface area contributed by atoms with Crippen LogP contribution in [0.1, 0.15) is 18.0 Å². The summed E-state index contributed by atoms with van der Waals surface area (Å²) in [6.07, 6.45) is 3.03. The molecule has 3 nitrogen and oxygen atoms in total. The van der Waals surface area contributed by atoms with Gasteiger partial charge in [-0.25, -0.2) is 0 Å². The molecule has 3 heterocycles. The molecule has 0 spiro atoms. The SMILES string of the molecule is CN1C=C(C#N)C2CC1c1c(n(-c3ccccc3)c3ccccc13)S2. The maximum absolute atomic E-state index is 9.53. The highest BCUT2D eigenvalue weighted by atomic mass is 32.2. The third-order valence-corrected chi connectivity index (χ3v) is 6.57. The maximum atomic E-state index is 9.53. The first-order valence-corrected chi connectivity index (χ1v) is 9.35. The van der Waals surface area contributed by atoms with Crippen molar-refractivity contribution in [1.29, 1.82) is 5.26 Å². The largest absolute Gasteiger partial charge is 0.372 e. The van der Waals surface area contributed by atoms with Crippen LogP contribution in [0, 0.1) is 11.3 Å². The normalized spacial score (nSPS) is 21.6. The monoisotopic (exact) mass is 343 g/mol. The smallest absolute Gasteiger partial charge is 0.0974 e. The first kappa shape index (κ1) is 14.7. The number of hydrogen-bond acceptors (Lipinski definition) is 3. The Balaban J connectivity index is 1.83. The summed E-state index contributed by atoms with van der Waals surface area (Å²) in [6, 6.07) is 21.9. The molecule has 2 aromatic carbocycles. The molecule has 0 fully saturated rings. The van der Waals surface area contributed by atoms with Gasteiger partial charge in [0.2, 0.25) is 0 Å². The minimum atomic E-state index is 0.241.